The molecule has 1 aliphatic heterocycles. The lowest BCUT2D eigenvalue weighted by Gasteiger charge is -2.31. The van der Waals surface area contributed by atoms with Gasteiger partial charge >= 0.3 is 0 Å². The summed E-state index contributed by atoms with van der Waals surface area (Å²) < 4.78 is 16.3. The van der Waals surface area contributed by atoms with Crippen molar-refractivity contribution in [2.45, 2.75) is 32.0 Å². The van der Waals surface area contributed by atoms with Gasteiger partial charge in [0.1, 0.15) is 0 Å². The standard InChI is InChI=1S/C11H16O4/c1-2-13-8-9-7-11(4-3-10(9)12)14-5-6-15-11/h8H,2-7H2,1H3/b9-8+. The number of ether oxygens (including phenoxy) is 3. The molecule has 84 valence electrons. The first-order chi connectivity index (χ1) is 7.26. The Morgan fingerprint density at radius 1 is 1.47 bits per heavy atom. The van der Waals surface area contributed by atoms with Crippen molar-refractivity contribution in [1.82, 2.24) is 0 Å². The van der Waals surface area contributed by atoms with Crippen molar-refractivity contribution >= 4 is 5.78 Å². The molecule has 1 saturated carbocycles. The van der Waals surface area contributed by atoms with Crippen molar-refractivity contribution < 1.29 is 19.0 Å². The van der Waals surface area contributed by atoms with Crippen LogP contribution in [0.5, 0.6) is 0 Å². The van der Waals surface area contributed by atoms with Crippen molar-refractivity contribution in [2.75, 3.05) is 19.8 Å². The first-order valence-electron chi connectivity index (χ1n) is 5.37. The van der Waals surface area contributed by atoms with Crippen molar-refractivity contribution in [2.24, 2.45) is 0 Å². The second kappa shape index (κ2) is 4.33. The highest BCUT2D eigenvalue weighted by molar-refractivity contribution is 5.96. The number of Topliss-reactive ketones (excluding diaryl/α,β-unsaturated/α-hetero) is 1. The largest absolute Gasteiger partial charge is 0.501 e. The second-order valence-electron chi connectivity index (χ2n) is 3.81. The van der Waals surface area contributed by atoms with Crippen LogP contribution in [-0.2, 0) is 19.0 Å². The molecule has 0 aromatic rings. The average Bonchev–Trinajstić information content (AvgIpc) is 2.69. The topological polar surface area (TPSA) is 44.8 Å². The van der Waals surface area contributed by atoms with E-state index < -0.39 is 5.79 Å². The predicted octanol–water partition coefficient (Wildman–Crippen LogP) is 1.40. The third kappa shape index (κ3) is 2.21. The SMILES string of the molecule is CCO/C=C1\CC2(CCC1=O)OCCO2. The zero-order valence-electron chi connectivity index (χ0n) is 8.95. The third-order valence-electron chi connectivity index (χ3n) is 2.76. The molecule has 1 spiro atoms. The molecule has 0 amide bonds. The summed E-state index contributed by atoms with van der Waals surface area (Å²) in [7, 11) is 0. The van der Waals surface area contributed by atoms with Gasteiger partial charge in [-0.25, -0.2) is 0 Å². The highest BCUT2D eigenvalue weighted by Gasteiger charge is 2.42. The summed E-state index contributed by atoms with van der Waals surface area (Å²) in [5.74, 6) is -0.398. The fourth-order valence-electron chi connectivity index (χ4n) is 1.98. The fourth-order valence-corrected chi connectivity index (χ4v) is 1.98. The van der Waals surface area contributed by atoms with Crippen molar-refractivity contribution in [3.63, 3.8) is 0 Å². The van der Waals surface area contributed by atoms with E-state index in [0.29, 0.717) is 44.7 Å². The number of ketones is 1. The lowest BCUT2D eigenvalue weighted by atomic mass is 9.89. The maximum Gasteiger partial charge on any atom is 0.173 e. The molecule has 0 unspecified atom stereocenters. The minimum atomic E-state index is -0.545. The van der Waals surface area contributed by atoms with Gasteiger partial charge in [-0.2, -0.15) is 0 Å². The second-order valence-corrected chi connectivity index (χ2v) is 3.81. The highest BCUT2D eigenvalue weighted by atomic mass is 16.7. The van der Waals surface area contributed by atoms with Gasteiger partial charge in [0.15, 0.2) is 11.6 Å². The molecule has 2 aliphatic rings. The van der Waals surface area contributed by atoms with E-state index in [4.69, 9.17) is 14.2 Å². The third-order valence-corrected chi connectivity index (χ3v) is 2.76. The summed E-state index contributed by atoms with van der Waals surface area (Å²) in [6.07, 6.45) is 3.22. The van der Waals surface area contributed by atoms with Gasteiger partial charge < -0.3 is 14.2 Å². The van der Waals surface area contributed by atoms with E-state index in [9.17, 15) is 4.79 Å². The Labute approximate surface area is 89.2 Å². The Kier molecular flexibility index (Phi) is 3.07. The molecule has 2 fully saturated rings. The molecule has 4 nitrogen and oxygen atoms in total. The zero-order chi connectivity index (χ0) is 10.7. The molecule has 0 bridgehead atoms. The Hall–Kier alpha value is -0.870. The number of rotatable bonds is 2. The van der Waals surface area contributed by atoms with Crippen LogP contribution in [0.1, 0.15) is 26.2 Å². The molecule has 0 N–H and O–H groups in total. The number of hydrogen-bond donors (Lipinski definition) is 0. The zero-order valence-corrected chi connectivity index (χ0v) is 8.95. The van der Waals surface area contributed by atoms with Crippen molar-refractivity contribution in [3.8, 4) is 0 Å². The Morgan fingerprint density at radius 3 is 2.87 bits per heavy atom. The molecule has 0 aromatic carbocycles. The maximum atomic E-state index is 11.6. The highest BCUT2D eigenvalue weighted by Crippen LogP contribution is 2.36. The van der Waals surface area contributed by atoms with E-state index in [0.717, 1.165) is 0 Å². The van der Waals surface area contributed by atoms with Gasteiger partial charge in [-0.05, 0) is 6.92 Å². The normalized spacial score (nSPS) is 27.5. The van der Waals surface area contributed by atoms with E-state index in [1.807, 2.05) is 6.92 Å². The Bertz CT molecular complexity index is 276. The van der Waals surface area contributed by atoms with Crippen LogP contribution in [-0.4, -0.2) is 31.4 Å². The molecule has 0 radical (unpaired) electrons. The summed E-state index contributed by atoms with van der Waals surface area (Å²) in [4.78, 5) is 11.6. The summed E-state index contributed by atoms with van der Waals surface area (Å²) in [6, 6.07) is 0. The van der Waals surface area contributed by atoms with Crippen LogP contribution in [0.4, 0.5) is 0 Å². The quantitative estimate of drug-likeness (QED) is 0.512. The lowest BCUT2D eigenvalue weighted by molar-refractivity contribution is -0.171. The van der Waals surface area contributed by atoms with E-state index in [2.05, 4.69) is 0 Å². The average molecular weight is 212 g/mol. The van der Waals surface area contributed by atoms with Gasteiger partial charge in [-0.15, -0.1) is 0 Å². The van der Waals surface area contributed by atoms with Gasteiger partial charge in [0.05, 0.1) is 26.1 Å². The van der Waals surface area contributed by atoms with E-state index in [1.54, 1.807) is 6.26 Å². The summed E-state index contributed by atoms with van der Waals surface area (Å²) in [6.45, 7) is 3.71. The number of carbonyl (C=O) groups is 1. The predicted molar refractivity (Wildman–Crippen MR) is 53.2 cm³/mol. The molecule has 4 heteroatoms. The van der Waals surface area contributed by atoms with Crippen LogP contribution in [0.25, 0.3) is 0 Å². The molecular weight excluding hydrogens is 196 g/mol. The van der Waals surface area contributed by atoms with Crippen LogP contribution in [0.15, 0.2) is 11.8 Å². The first-order valence-corrected chi connectivity index (χ1v) is 5.37. The van der Waals surface area contributed by atoms with Gasteiger partial charge in [0.2, 0.25) is 0 Å². The fraction of sp³-hybridized carbons (Fsp3) is 0.727. The van der Waals surface area contributed by atoms with Crippen molar-refractivity contribution in [3.05, 3.63) is 11.8 Å². The summed E-state index contributed by atoms with van der Waals surface area (Å²) >= 11 is 0. The van der Waals surface area contributed by atoms with Gasteiger partial charge in [-0.3, -0.25) is 4.79 Å². The van der Waals surface area contributed by atoms with Gasteiger partial charge in [0.25, 0.3) is 0 Å². The monoisotopic (exact) mass is 212 g/mol. The molecule has 1 heterocycles. The lowest BCUT2D eigenvalue weighted by Crippen LogP contribution is -2.36. The van der Waals surface area contributed by atoms with Gasteiger partial charge in [0, 0.05) is 24.8 Å². The smallest absolute Gasteiger partial charge is 0.173 e. The molecule has 0 atom stereocenters. The van der Waals surface area contributed by atoms with E-state index >= 15 is 0 Å². The van der Waals surface area contributed by atoms with Crippen LogP contribution in [0, 0.1) is 0 Å². The summed E-state index contributed by atoms with van der Waals surface area (Å²) in [5, 5.41) is 0. The maximum absolute atomic E-state index is 11.6. The van der Waals surface area contributed by atoms with Crippen LogP contribution in [0.2, 0.25) is 0 Å². The molecule has 1 aliphatic carbocycles. The number of hydrogen-bond acceptors (Lipinski definition) is 4. The molecular formula is C11H16O4. The van der Waals surface area contributed by atoms with Gasteiger partial charge in [-0.1, -0.05) is 0 Å². The van der Waals surface area contributed by atoms with Crippen LogP contribution in [0.3, 0.4) is 0 Å². The first kappa shape index (κ1) is 10.6. The van der Waals surface area contributed by atoms with Crippen LogP contribution >= 0.6 is 0 Å². The summed E-state index contributed by atoms with van der Waals surface area (Å²) in [5.41, 5.74) is 0.685. The molecule has 2 rings (SSSR count). The molecule has 0 aromatic heterocycles. The van der Waals surface area contributed by atoms with Crippen molar-refractivity contribution in [1.29, 1.82) is 0 Å². The molecule has 15 heavy (non-hydrogen) atoms. The minimum Gasteiger partial charge on any atom is -0.501 e. The Morgan fingerprint density at radius 2 is 2.20 bits per heavy atom. The Balaban J connectivity index is 2.06. The molecule has 1 saturated heterocycles. The minimum absolute atomic E-state index is 0.146. The number of carbonyl (C=O) groups excluding carboxylic acids is 1. The van der Waals surface area contributed by atoms with Crippen LogP contribution < -0.4 is 0 Å². The van der Waals surface area contributed by atoms with E-state index in [-0.39, 0.29) is 5.78 Å². The van der Waals surface area contributed by atoms with E-state index in [1.165, 1.54) is 0 Å².